The number of ether oxygens (including phenoxy) is 2. The molecule has 0 bridgehead atoms. The monoisotopic (exact) mass is 446 g/mol. The highest BCUT2D eigenvalue weighted by atomic mass is 35.5. The summed E-state index contributed by atoms with van der Waals surface area (Å²) in [5.41, 5.74) is 1.63. The smallest absolute Gasteiger partial charge is 0.341 e. The van der Waals surface area contributed by atoms with E-state index in [1.807, 2.05) is 23.6 Å². The Morgan fingerprint density at radius 2 is 1.94 bits per heavy atom. The summed E-state index contributed by atoms with van der Waals surface area (Å²) in [5, 5.41) is 0.398. The van der Waals surface area contributed by atoms with Gasteiger partial charge in [0.1, 0.15) is 35.5 Å². The number of piperazine rings is 1. The normalized spacial score (nSPS) is 19.1. The molecule has 2 aromatic rings. The van der Waals surface area contributed by atoms with Crippen LogP contribution in [0.1, 0.15) is 29.8 Å². The molecule has 6 nitrogen and oxygen atoms in total. The van der Waals surface area contributed by atoms with Gasteiger partial charge in [-0.15, -0.1) is 0 Å². The van der Waals surface area contributed by atoms with Crippen LogP contribution in [-0.4, -0.2) is 54.2 Å². The molecule has 0 aliphatic carbocycles. The van der Waals surface area contributed by atoms with Crippen LogP contribution in [0.5, 0.6) is 5.75 Å². The van der Waals surface area contributed by atoms with Crippen molar-refractivity contribution in [3.8, 4) is 5.75 Å². The van der Waals surface area contributed by atoms with Crippen molar-refractivity contribution in [2.75, 3.05) is 20.4 Å². The molecule has 31 heavy (non-hydrogen) atoms. The molecule has 3 rings (SSSR count). The first-order chi connectivity index (χ1) is 14.8. The van der Waals surface area contributed by atoms with Crippen molar-refractivity contribution >= 4 is 23.5 Å². The predicted octanol–water partition coefficient (Wildman–Crippen LogP) is 3.91. The largest absolute Gasteiger partial charge is 0.477 e. The van der Waals surface area contributed by atoms with Gasteiger partial charge < -0.3 is 14.4 Å². The van der Waals surface area contributed by atoms with E-state index in [4.69, 9.17) is 21.1 Å². The summed E-state index contributed by atoms with van der Waals surface area (Å²) in [5.74, 6) is 1.57. The first-order valence-corrected chi connectivity index (χ1v) is 10.2. The highest BCUT2D eigenvalue weighted by Crippen LogP contribution is 2.28. The van der Waals surface area contributed by atoms with Gasteiger partial charge in [-0.1, -0.05) is 23.7 Å². The second-order valence-corrected chi connectivity index (χ2v) is 7.88. The van der Waals surface area contributed by atoms with Crippen LogP contribution in [0.25, 0.3) is 0 Å². The Bertz CT molecular complexity index is 992. The Kier molecular flexibility index (Phi) is 7.33. The number of hydrogen-bond donors (Lipinski definition) is 0. The molecule has 1 aliphatic heterocycles. The summed E-state index contributed by atoms with van der Waals surface area (Å²) in [6, 6.07) is 10.7. The zero-order valence-electron chi connectivity index (χ0n) is 17.6. The third-order valence-electron chi connectivity index (χ3n) is 5.39. The fourth-order valence-corrected chi connectivity index (χ4v) is 3.80. The maximum absolute atomic E-state index is 13.2. The third-order valence-corrected chi connectivity index (χ3v) is 5.62. The Hall–Kier alpha value is -2.86. The molecule has 8 heteroatoms. The Balaban J connectivity index is 1.73. The Morgan fingerprint density at radius 3 is 2.58 bits per heavy atom. The van der Waals surface area contributed by atoms with E-state index in [1.165, 1.54) is 25.3 Å². The molecule has 1 aliphatic rings. The summed E-state index contributed by atoms with van der Waals surface area (Å²) in [7, 11) is 1.29. The quantitative estimate of drug-likeness (QED) is 0.495. The van der Waals surface area contributed by atoms with Crippen LogP contribution in [0.15, 0.2) is 48.2 Å². The highest BCUT2D eigenvalue weighted by molar-refractivity contribution is 6.31. The third kappa shape index (κ3) is 5.25. The number of rotatable bonds is 6. The molecule has 2 aromatic carbocycles. The molecule has 1 heterocycles. The predicted molar refractivity (Wildman–Crippen MR) is 115 cm³/mol. The lowest BCUT2D eigenvalue weighted by Crippen LogP contribution is -2.55. The van der Waals surface area contributed by atoms with Crippen LogP contribution in [0.4, 0.5) is 4.39 Å². The number of esters is 1. The van der Waals surface area contributed by atoms with Gasteiger partial charge in [-0.05, 0) is 49.7 Å². The van der Waals surface area contributed by atoms with Crippen LogP contribution in [0.3, 0.4) is 0 Å². The van der Waals surface area contributed by atoms with Crippen molar-refractivity contribution in [3.05, 3.63) is 70.1 Å². The first kappa shape index (κ1) is 22.8. The zero-order chi connectivity index (χ0) is 22.5. The second kappa shape index (κ2) is 9.96. The fourth-order valence-electron chi connectivity index (χ4n) is 3.63. The molecule has 0 saturated carbocycles. The molecular weight excluding hydrogens is 423 g/mol. The zero-order valence-corrected chi connectivity index (χ0v) is 18.4. The van der Waals surface area contributed by atoms with E-state index >= 15 is 0 Å². The molecule has 2 atom stereocenters. The van der Waals surface area contributed by atoms with Crippen LogP contribution >= 0.6 is 11.6 Å². The van der Waals surface area contributed by atoms with E-state index in [2.05, 4.69) is 5.94 Å². The number of carbonyl (C=O) groups is 1. The van der Waals surface area contributed by atoms with Crippen molar-refractivity contribution in [1.82, 2.24) is 9.80 Å². The summed E-state index contributed by atoms with van der Waals surface area (Å²) in [6.07, 6.45) is 0. The number of benzene rings is 2. The molecule has 0 N–H and O–H groups in total. The fraction of sp³-hybridized carbons (Fsp3) is 0.348. The average molecular weight is 447 g/mol. The lowest BCUT2D eigenvalue weighted by Gasteiger charge is -2.45. The average Bonchev–Trinajstić information content (AvgIpc) is 2.76. The summed E-state index contributed by atoms with van der Waals surface area (Å²) < 4.78 is 23.9. The topological polar surface area (TPSA) is 59.1 Å². The van der Waals surface area contributed by atoms with Crippen molar-refractivity contribution in [1.29, 1.82) is 0 Å². The van der Waals surface area contributed by atoms with Crippen molar-refractivity contribution in [2.24, 2.45) is 0 Å². The lowest BCUT2D eigenvalue weighted by atomic mass is 10.0. The number of halogens is 2. The van der Waals surface area contributed by atoms with Crippen molar-refractivity contribution < 1.29 is 23.5 Å². The van der Waals surface area contributed by atoms with Crippen LogP contribution in [0.2, 0.25) is 5.02 Å². The molecule has 0 unspecified atom stereocenters. The van der Waals surface area contributed by atoms with Crippen LogP contribution < -0.4 is 4.74 Å². The van der Waals surface area contributed by atoms with Crippen molar-refractivity contribution in [3.63, 3.8) is 0 Å². The molecule has 1 saturated heterocycles. The van der Waals surface area contributed by atoms with Gasteiger partial charge in [-0.25, -0.2) is 14.0 Å². The van der Waals surface area contributed by atoms with E-state index in [0.717, 1.165) is 5.56 Å². The van der Waals surface area contributed by atoms with Gasteiger partial charge in [0.15, 0.2) is 0 Å². The highest BCUT2D eigenvalue weighted by Gasteiger charge is 2.34. The molecule has 0 amide bonds. The van der Waals surface area contributed by atoms with E-state index in [-0.39, 0.29) is 30.2 Å². The summed E-state index contributed by atoms with van der Waals surface area (Å²) in [6.45, 7) is 5.16. The van der Waals surface area contributed by atoms with E-state index < -0.39 is 5.97 Å². The minimum Gasteiger partial charge on any atom is -0.477 e. The molecule has 164 valence electrons. The Labute approximate surface area is 185 Å². The minimum atomic E-state index is -0.545. The van der Waals surface area contributed by atoms with E-state index in [0.29, 0.717) is 29.6 Å². The van der Waals surface area contributed by atoms with Gasteiger partial charge in [0.25, 0.3) is 0 Å². The van der Waals surface area contributed by atoms with E-state index in [9.17, 15) is 14.0 Å². The molecule has 0 spiro atoms. The second-order valence-electron chi connectivity index (χ2n) is 7.44. The van der Waals surface area contributed by atoms with Gasteiger partial charge in [0.2, 0.25) is 0 Å². The Morgan fingerprint density at radius 1 is 1.23 bits per heavy atom. The molecule has 0 aromatic heterocycles. The van der Waals surface area contributed by atoms with Gasteiger partial charge in [0, 0.05) is 24.2 Å². The van der Waals surface area contributed by atoms with Crippen molar-refractivity contribution in [2.45, 2.75) is 32.5 Å². The SMILES string of the molecule is COC(=O)c1cc(Cl)ccc1OCN1C[C@@H](C)N(Cc2ccc(F)cc2)C(=C=O)[C@@H]1C. The summed E-state index contributed by atoms with van der Waals surface area (Å²) in [4.78, 5) is 27.8. The van der Waals surface area contributed by atoms with Gasteiger partial charge in [-0.2, -0.15) is 0 Å². The molecule has 0 radical (unpaired) electrons. The maximum Gasteiger partial charge on any atom is 0.341 e. The molecular formula is C23H24ClFN2O4. The summed E-state index contributed by atoms with van der Waals surface area (Å²) >= 11 is 5.99. The van der Waals surface area contributed by atoms with Gasteiger partial charge >= 0.3 is 5.97 Å². The van der Waals surface area contributed by atoms with Gasteiger partial charge in [0.05, 0.1) is 13.2 Å². The minimum absolute atomic E-state index is 0.00778. The number of carbonyl (C=O) groups excluding carboxylic acids is 2. The lowest BCUT2D eigenvalue weighted by molar-refractivity contribution is 0.0275. The maximum atomic E-state index is 13.2. The van der Waals surface area contributed by atoms with E-state index in [1.54, 1.807) is 24.3 Å². The number of methoxy groups -OCH3 is 1. The first-order valence-electron chi connectivity index (χ1n) is 9.84. The molecule has 1 fully saturated rings. The van der Waals surface area contributed by atoms with Gasteiger partial charge in [-0.3, -0.25) is 4.90 Å². The van der Waals surface area contributed by atoms with Crippen LogP contribution in [0, 0.1) is 5.82 Å². The standard InChI is InChI=1S/C23H24ClFN2O4/c1-15-11-26(14-31-22-9-6-18(24)10-20(22)23(29)30-3)16(2)21(13-28)27(15)12-17-4-7-19(25)8-5-17/h4-10,15-16H,11-12,14H2,1-3H3/t15-,16+/m1/s1. The van der Waals surface area contributed by atoms with Crippen LogP contribution in [-0.2, 0) is 16.1 Å². The number of nitrogens with zero attached hydrogens (tertiary/aromatic N) is 2. The number of hydrogen-bond acceptors (Lipinski definition) is 6.